The van der Waals surface area contributed by atoms with Crippen LogP contribution in [-0.2, 0) is 13.0 Å². The van der Waals surface area contributed by atoms with E-state index < -0.39 is 0 Å². The summed E-state index contributed by atoms with van der Waals surface area (Å²) in [6.45, 7) is 2.59. The molecule has 0 spiro atoms. The van der Waals surface area contributed by atoms with Crippen molar-refractivity contribution in [3.05, 3.63) is 89.8 Å². The lowest BCUT2D eigenvalue weighted by Crippen LogP contribution is -1.99. The molecule has 0 aliphatic rings. The number of oxazole rings is 1. The van der Waals surface area contributed by atoms with Gasteiger partial charge in [-0.1, -0.05) is 24.3 Å². The van der Waals surface area contributed by atoms with Crippen molar-refractivity contribution in [2.45, 2.75) is 19.9 Å². The summed E-state index contributed by atoms with van der Waals surface area (Å²) >= 11 is 0. The zero-order chi connectivity index (χ0) is 19.3. The summed E-state index contributed by atoms with van der Waals surface area (Å²) in [4.78, 5) is 8.58. The first-order valence-corrected chi connectivity index (χ1v) is 9.11. The summed E-state index contributed by atoms with van der Waals surface area (Å²) in [7, 11) is 1.66. The number of hydrogen-bond acceptors (Lipinski definition) is 5. The van der Waals surface area contributed by atoms with Crippen molar-refractivity contribution in [2.24, 2.45) is 0 Å². The van der Waals surface area contributed by atoms with Crippen LogP contribution in [0.4, 0.5) is 6.01 Å². The van der Waals surface area contributed by atoms with Crippen LogP contribution in [-0.4, -0.2) is 21.6 Å². The van der Waals surface area contributed by atoms with Gasteiger partial charge >= 0.3 is 0 Å². The molecule has 1 N–H and O–H groups in total. The lowest BCUT2D eigenvalue weighted by atomic mass is 10.1. The van der Waals surface area contributed by atoms with E-state index >= 15 is 0 Å². The number of imidazole rings is 1. The van der Waals surface area contributed by atoms with E-state index in [1.54, 1.807) is 19.6 Å². The van der Waals surface area contributed by atoms with Gasteiger partial charge in [0.15, 0.2) is 0 Å². The first-order valence-electron chi connectivity index (χ1n) is 9.11. The van der Waals surface area contributed by atoms with Crippen LogP contribution < -0.4 is 10.1 Å². The number of rotatable bonds is 7. The Kier molecular flexibility index (Phi) is 5.10. The lowest BCUT2D eigenvalue weighted by Gasteiger charge is -2.05. The molecule has 2 aromatic carbocycles. The highest BCUT2D eigenvalue weighted by molar-refractivity contribution is 5.37. The predicted molar refractivity (Wildman–Crippen MR) is 108 cm³/mol. The van der Waals surface area contributed by atoms with Gasteiger partial charge in [0, 0.05) is 31.0 Å². The molecule has 28 heavy (non-hydrogen) atoms. The van der Waals surface area contributed by atoms with E-state index in [0.29, 0.717) is 19.0 Å². The minimum absolute atomic E-state index is 0.533. The van der Waals surface area contributed by atoms with Crippen LogP contribution in [0.1, 0.15) is 22.6 Å². The predicted octanol–water partition coefficient (Wildman–Crippen LogP) is 4.38. The highest BCUT2D eigenvalue weighted by Gasteiger charge is 2.10. The fourth-order valence-corrected chi connectivity index (χ4v) is 3.01. The second-order valence-electron chi connectivity index (χ2n) is 6.55. The van der Waals surface area contributed by atoms with E-state index in [2.05, 4.69) is 39.6 Å². The lowest BCUT2D eigenvalue weighted by molar-refractivity contribution is 0.414. The number of hydrogen-bond donors (Lipinski definition) is 1. The zero-order valence-corrected chi connectivity index (χ0v) is 15.9. The fraction of sp³-hybridized carbons (Fsp3) is 0.182. The summed E-state index contributed by atoms with van der Waals surface area (Å²) in [6.07, 6.45) is 6.18. The van der Waals surface area contributed by atoms with Crippen LogP contribution in [0.25, 0.3) is 5.69 Å². The molecule has 0 radical (unpaired) electrons. The van der Waals surface area contributed by atoms with Gasteiger partial charge in [-0.05, 0) is 42.3 Å². The molecule has 0 bridgehead atoms. The van der Waals surface area contributed by atoms with Crippen LogP contribution in [0.3, 0.4) is 0 Å². The van der Waals surface area contributed by atoms with Crippen LogP contribution in [0.5, 0.6) is 5.75 Å². The Balaban J connectivity index is 1.41. The maximum atomic E-state index is 5.93. The van der Waals surface area contributed by atoms with E-state index in [9.17, 15) is 0 Å². The third-order valence-electron chi connectivity index (χ3n) is 4.57. The second-order valence-corrected chi connectivity index (χ2v) is 6.55. The van der Waals surface area contributed by atoms with Gasteiger partial charge in [-0.2, -0.15) is 4.98 Å². The summed E-state index contributed by atoms with van der Waals surface area (Å²) in [5, 5.41) is 3.24. The average Bonchev–Trinajstić information content (AvgIpc) is 3.38. The van der Waals surface area contributed by atoms with Crippen molar-refractivity contribution in [1.82, 2.24) is 14.5 Å². The maximum absolute atomic E-state index is 5.93. The van der Waals surface area contributed by atoms with E-state index in [0.717, 1.165) is 28.5 Å². The number of nitrogens with one attached hydrogen (secondary N) is 1. The number of aromatic nitrogens is 3. The third kappa shape index (κ3) is 4.06. The number of methoxy groups -OCH3 is 1. The van der Waals surface area contributed by atoms with Crippen molar-refractivity contribution in [2.75, 3.05) is 12.4 Å². The number of anilines is 1. The Labute approximate surface area is 163 Å². The van der Waals surface area contributed by atoms with Crippen molar-refractivity contribution in [3.63, 3.8) is 0 Å². The molecule has 0 amide bonds. The second kappa shape index (κ2) is 8.00. The smallest absolute Gasteiger partial charge is 0.295 e. The van der Waals surface area contributed by atoms with E-state index in [1.807, 2.05) is 42.0 Å². The molecule has 2 aromatic heterocycles. The number of ether oxygens (including phenoxy) is 1. The Hall–Kier alpha value is -3.54. The molecular weight excluding hydrogens is 352 g/mol. The highest BCUT2D eigenvalue weighted by atomic mass is 16.5. The molecule has 4 aromatic rings. The van der Waals surface area contributed by atoms with Crippen LogP contribution in [0.2, 0.25) is 0 Å². The molecule has 2 heterocycles. The van der Waals surface area contributed by atoms with Crippen molar-refractivity contribution in [1.29, 1.82) is 0 Å². The van der Waals surface area contributed by atoms with Crippen LogP contribution in [0.15, 0.2) is 71.7 Å². The summed E-state index contributed by atoms with van der Waals surface area (Å²) in [5.41, 5.74) is 4.25. The van der Waals surface area contributed by atoms with Crippen LogP contribution in [0, 0.1) is 6.92 Å². The van der Waals surface area contributed by atoms with Crippen molar-refractivity contribution < 1.29 is 9.15 Å². The number of aryl methyl sites for hydroxylation is 1. The van der Waals surface area contributed by atoms with Gasteiger partial charge in [-0.3, -0.25) is 0 Å². The molecule has 0 aliphatic heterocycles. The number of nitrogens with zero attached hydrogens (tertiary/aromatic N) is 3. The van der Waals surface area contributed by atoms with Gasteiger partial charge in [-0.15, -0.1) is 0 Å². The molecular formula is C22H22N4O2. The van der Waals surface area contributed by atoms with Gasteiger partial charge < -0.3 is 19.0 Å². The largest absolute Gasteiger partial charge is 0.497 e. The first-order chi connectivity index (χ1) is 13.7. The zero-order valence-electron chi connectivity index (χ0n) is 15.9. The highest BCUT2D eigenvalue weighted by Crippen LogP contribution is 2.20. The minimum atomic E-state index is 0.533. The Morgan fingerprint density at radius 2 is 1.96 bits per heavy atom. The summed E-state index contributed by atoms with van der Waals surface area (Å²) < 4.78 is 13.2. The standard InChI is InChI=1S/C22H22N4O2/c1-16-21(13-17-6-8-19(9-7-17)26-11-10-23-15-26)28-22(25-16)24-14-18-4-3-5-20(12-18)27-2/h3-12,15H,13-14H2,1-2H3,(H,24,25). The van der Waals surface area contributed by atoms with Gasteiger partial charge in [0.2, 0.25) is 0 Å². The molecule has 0 fully saturated rings. The molecule has 4 rings (SSSR count). The van der Waals surface area contributed by atoms with Crippen LogP contribution >= 0.6 is 0 Å². The molecule has 142 valence electrons. The topological polar surface area (TPSA) is 65.1 Å². The quantitative estimate of drug-likeness (QED) is 0.520. The van der Waals surface area contributed by atoms with Gasteiger partial charge in [-0.25, -0.2) is 4.98 Å². The molecule has 0 aliphatic carbocycles. The van der Waals surface area contributed by atoms with E-state index in [1.165, 1.54) is 5.56 Å². The SMILES string of the molecule is COc1cccc(CNc2nc(C)c(Cc3ccc(-n4ccnc4)cc3)o2)c1. The molecule has 6 nitrogen and oxygen atoms in total. The molecule has 6 heteroatoms. The first kappa shape index (κ1) is 17.9. The molecule has 0 atom stereocenters. The molecule has 0 saturated carbocycles. The maximum Gasteiger partial charge on any atom is 0.295 e. The normalized spacial score (nSPS) is 10.8. The van der Waals surface area contributed by atoms with Crippen molar-refractivity contribution >= 4 is 6.01 Å². The minimum Gasteiger partial charge on any atom is -0.497 e. The summed E-state index contributed by atoms with van der Waals surface area (Å²) in [5.74, 6) is 1.70. The van der Waals surface area contributed by atoms with Gasteiger partial charge in [0.05, 0.1) is 19.1 Å². The van der Waals surface area contributed by atoms with E-state index in [4.69, 9.17) is 9.15 Å². The summed E-state index contributed by atoms with van der Waals surface area (Å²) in [6, 6.07) is 16.8. The fourth-order valence-electron chi connectivity index (χ4n) is 3.01. The molecule has 0 saturated heterocycles. The third-order valence-corrected chi connectivity index (χ3v) is 4.57. The van der Waals surface area contributed by atoms with E-state index in [-0.39, 0.29) is 0 Å². The Morgan fingerprint density at radius 3 is 2.71 bits per heavy atom. The Morgan fingerprint density at radius 1 is 1.11 bits per heavy atom. The Bertz CT molecular complexity index is 1040. The average molecular weight is 374 g/mol. The van der Waals surface area contributed by atoms with Gasteiger partial charge in [0.1, 0.15) is 11.5 Å². The van der Waals surface area contributed by atoms with Crippen molar-refractivity contribution in [3.8, 4) is 11.4 Å². The molecule has 0 unspecified atom stereocenters. The van der Waals surface area contributed by atoms with Gasteiger partial charge in [0.25, 0.3) is 6.01 Å². The monoisotopic (exact) mass is 374 g/mol. The number of benzene rings is 2.